The first-order valence-electron chi connectivity index (χ1n) is 8.74. The number of amides is 1. The minimum Gasteiger partial charge on any atom is -0.344 e. The van der Waals surface area contributed by atoms with Crippen LogP contribution in [0, 0.1) is 0 Å². The molecule has 1 aromatic carbocycles. The molecule has 0 N–H and O–H groups in total. The highest BCUT2D eigenvalue weighted by Gasteiger charge is 2.50. The summed E-state index contributed by atoms with van der Waals surface area (Å²) in [6.45, 7) is 2.93. The van der Waals surface area contributed by atoms with Crippen LogP contribution in [0.15, 0.2) is 47.2 Å². The smallest absolute Gasteiger partial charge is 0.222 e. The van der Waals surface area contributed by atoms with Crippen LogP contribution in [-0.2, 0) is 16.8 Å². The maximum atomic E-state index is 12.4. The van der Waals surface area contributed by atoms with Crippen LogP contribution in [0.4, 0.5) is 0 Å². The molecule has 3 heterocycles. The summed E-state index contributed by atoms with van der Waals surface area (Å²) in [7, 11) is 1.96. The van der Waals surface area contributed by atoms with E-state index in [4.69, 9.17) is 0 Å². The van der Waals surface area contributed by atoms with Crippen molar-refractivity contribution in [3.63, 3.8) is 0 Å². The molecule has 2 aliphatic heterocycles. The van der Waals surface area contributed by atoms with Crippen LogP contribution in [0.3, 0.4) is 0 Å². The fourth-order valence-electron chi connectivity index (χ4n) is 4.54. The molecule has 0 saturated carbocycles. The number of nitrogens with zero attached hydrogens (tertiary/aromatic N) is 2. The summed E-state index contributed by atoms with van der Waals surface area (Å²) in [5.74, 6) is 0.287. The Morgan fingerprint density at radius 1 is 1.21 bits per heavy atom. The molecular weight excluding hydrogens is 316 g/mol. The van der Waals surface area contributed by atoms with Gasteiger partial charge in [0.2, 0.25) is 5.91 Å². The second-order valence-electron chi connectivity index (χ2n) is 7.16. The van der Waals surface area contributed by atoms with Crippen molar-refractivity contribution in [3.05, 3.63) is 58.3 Å². The molecule has 0 unspecified atom stereocenters. The molecular formula is C20H24N2OS. The number of likely N-dealkylation sites (N-methyl/N-ethyl adjacent to an activating group) is 1. The maximum Gasteiger partial charge on any atom is 0.222 e. The van der Waals surface area contributed by atoms with Crippen LogP contribution in [0.1, 0.15) is 30.4 Å². The molecule has 3 nitrogen and oxygen atoms in total. The lowest BCUT2D eigenvalue weighted by Crippen LogP contribution is -2.47. The van der Waals surface area contributed by atoms with Crippen LogP contribution in [0.5, 0.6) is 0 Å². The highest BCUT2D eigenvalue weighted by Crippen LogP contribution is 2.46. The number of likely N-dealkylation sites (tertiary alicyclic amines) is 2. The molecule has 0 bridgehead atoms. The van der Waals surface area contributed by atoms with Crippen LogP contribution in [0.2, 0.25) is 0 Å². The third kappa shape index (κ3) is 2.68. The second-order valence-corrected chi connectivity index (χ2v) is 7.94. The Morgan fingerprint density at radius 3 is 2.79 bits per heavy atom. The van der Waals surface area contributed by atoms with Crippen LogP contribution in [0.25, 0.3) is 0 Å². The van der Waals surface area contributed by atoms with E-state index in [0.717, 1.165) is 32.5 Å². The summed E-state index contributed by atoms with van der Waals surface area (Å²) in [5.41, 5.74) is 2.91. The van der Waals surface area contributed by atoms with Crippen molar-refractivity contribution in [1.82, 2.24) is 9.80 Å². The normalized spacial score (nSPS) is 28.0. The number of rotatable bonds is 3. The molecule has 126 valence electrons. The van der Waals surface area contributed by atoms with E-state index in [9.17, 15) is 4.79 Å². The second kappa shape index (κ2) is 6.34. The number of carbonyl (C=O) groups is 1. The number of hydrogen-bond acceptors (Lipinski definition) is 3. The SMILES string of the molecule is CN1C[C@H]2N(Cc3ccsc3)CC[C@]2(c2ccccc2)CCC1=O. The molecule has 0 radical (unpaired) electrons. The van der Waals surface area contributed by atoms with Crippen molar-refractivity contribution in [1.29, 1.82) is 0 Å². The zero-order chi connectivity index (χ0) is 16.6. The Bertz CT molecular complexity index is 700. The van der Waals surface area contributed by atoms with E-state index in [1.165, 1.54) is 11.1 Å². The van der Waals surface area contributed by atoms with Gasteiger partial charge in [0.25, 0.3) is 0 Å². The third-order valence-electron chi connectivity index (χ3n) is 5.90. The van der Waals surface area contributed by atoms with E-state index in [2.05, 4.69) is 52.1 Å². The van der Waals surface area contributed by atoms with Gasteiger partial charge in [0.05, 0.1) is 0 Å². The third-order valence-corrected chi connectivity index (χ3v) is 6.63. The fraction of sp³-hybridized carbons (Fsp3) is 0.450. The van der Waals surface area contributed by atoms with Crippen LogP contribution in [-0.4, -0.2) is 41.9 Å². The molecule has 2 atom stereocenters. The van der Waals surface area contributed by atoms with Gasteiger partial charge >= 0.3 is 0 Å². The van der Waals surface area contributed by atoms with E-state index in [1.807, 2.05) is 11.9 Å². The highest BCUT2D eigenvalue weighted by molar-refractivity contribution is 7.07. The van der Waals surface area contributed by atoms with E-state index >= 15 is 0 Å². The molecule has 0 aliphatic carbocycles. The van der Waals surface area contributed by atoms with E-state index in [1.54, 1.807) is 11.3 Å². The van der Waals surface area contributed by atoms with Gasteiger partial charge in [-0.15, -0.1) is 0 Å². The molecule has 2 saturated heterocycles. The Morgan fingerprint density at radius 2 is 2.04 bits per heavy atom. The molecule has 1 aromatic heterocycles. The average Bonchev–Trinajstić information content (AvgIpc) is 3.21. The zero-order valence-electron chi connectivity index (χ0n) is 14.1. The molecule has 2 aliphatic rings. The predicted molar refractivity (Wildman–Crippen MR) is 98.1 cm³/mol. The topological polar surface area (TPSA) is 23.6 Å². The van der Waals surface area contributed by atoms with Crippen molar-refractivity contribution in [2.75, 3.05) is 20.1 Å². The average molecular weight is 340 g/mol. The zero-order valence-corrected chi connectivity index (χ0v) is 15.0. The number of fused-ring (bicyclic) bond motifs is 1. The number of carbonyl (C=O) groups excluding carboxylic acids is 1. The minimum absolute atomic E-state index is 0.109. The molecule has 2 fully saturated rings. The lowest BCUT2D eigenvalue weighted by atomic mass is 9.71. The van der Waals surface area contributed by atoms with Crippen molar-refractivity contribution < 1.29 is 4.79 Å². The Labute approximate surface area is 147 Å². The van der Waals surface area contributed by atoms with Gasteiger partial charge in [-0.25, -0.2) is 0 Å². The molecule has 1 amide bonds. The number of benzene rings is 1. The van der Waals surface area contributed by atoms with Crippen LogP contribution < -0.4 is 0 Å². The number of hydrogen-bond donors (Lipinski definition) is 0. The summed E-state index contributed by atoms with van der Waals surface area (Å²) in [6, 6.07) is 13.5. The largest absolute Gasteiger partial charge is 0.344 e. The first kappa shape index (κ1) is 15.9. The quantitative estimate of drug-likeness (QED) is 0.854. The predicted octanol–water partition coefficient (Wildman–Crippen LogP) is 3.51. The molecule has 4 rings (SSSR count). The van der Waals surface area contributed by atoms with Gasteiger partial charge in [0.15, 0.2) is 0 Å². The van der Waals surface area contributed by atoms with Gasteiger partial charge in [-0.3, -0.25) is 9.69 Å². The van der Waals surface area contributed by atoms with Crippen molar-refractivity contribution in [2.45, 2.75) is 37.3 Å². The summed E-state index contributed by atoms with van der Waals surface area (Å²) < 4.78 is 0. The molecule has 0 spiro atoms. The standard InChI is InChI=1S/C20H24N2OS/c1-21-14-18-20(9-7-19(21)23,17-5-3-2-4-6-17)10-11-22(18)13-16-8-12-24-15-16/h2-6,8,12,15,18H,7,9-11,13-14H2,1H3/t18-,20+/m1/s1. The van der Waals surface area contributed by atoms with Gasteiger partial charge in [0.1, 0.15) is 0 Å². The Balaban J connectivity index is 1.70. The monoisotopic (exact) mass is 340 g/mol. The van der Waals surface area contributed by atoms with E-state index < -0.39 is 0 Å². The Hall–Kier alpha value is -1.65. The summed E-state index contributed by atoms with van der Waals surface area (Å²) in [6.07, 6.45) is 2.77. The first-order valence-corrected chi connectivity index (χ1v) is 9.68. The lowest BCUT2D eigenvalue weighted by molar-refractivity contribution is -0.129. The van der Waals surface area contributed by atoms with Gasteiger partial charge in [-0.1, -0.05) is 30.3 Å². The summed E-state index contributed by atoms with van der Waals surface area (Å²) in [5, 5.41) is 4.40. The van der Waals surface area contributed by atoms with Gasteiger partial charge in [-0.2, -0.15) is 11.3 Å². The number of thiophene rings is 1. The fourth-order valence-corrected chi connectivity index (χ4v) is 5.20. The Kier molecular flexibility index (Phi) is 4.19. The van der Waals surface area contributed by atoms with Gasteiger partial charge < -0.3 is 4.90 Å². The summed E-state index contributed by atoms with van der Waals surface area (Å²) in [4.78, 5) is 16.9. The van der Waals surface area contributed by atoms with Crippen LogP contribution >= 0.6 is 11.3 Å². The van der Waals surface area contributed by atoms with Crippen molar-refractivity contribution in [3.8, 4) is 0 Å². The summed E-state index contributed by atoms with van der Waals surface area (Å²) >= 11 is 1.76. The highest BCUT2D eigenvalue weighted by atomic mass is 32.1. The van der Waals surface area contributed by atoms with E-state index in [0.29, 0.717) is 12.5 Å². The molecule has 4 heteroatoms. The first-order chi connectivity index (χ1) is 11.7. The molecule has 24 heavy (non-hydrogen) atoms. The van der Waals surface area contributed by atoms with Crippen molar-refractivity contribution in [2.24, 2.45) is 0 Å². The molecule has 2 aromatic rings. The lowest BCUT2D eigenvalue weighted by Gasteiger charge is -2.38. The van der Waals surface area contributed by atoms with Gasteiger partial charge in [0, 0.05) is 38.0 Å². The van der Waals surface area contributed by atoms with Gasteiger partial charge in [-0.05, 0) is 47.3 Å². The van der Waals surface area contributed by atoms with Crippen molar-refractivity contribution >= 4 is 17.2 Å². The van der Waals surface area contributed by atoms with E-state index in [-0.39, 0.29) is 11.3 Å². The maximum absolute atomic E-state index is 12.4. The minimum atomic E-state index is 0.109.